The summed E-state index contributed by atoms with van der Waals surface area (Å²) in [7, 11) is -1.86. The molecule has 4 aromatic rings. The number of benzene rings is 4. The Hall–Kier alpha value is -1.25. The first-order chi connectivity index (χ1) is 13.7. The minimum atomic E-state index is -1.86. The summed E-state index contributed by atoms with van der Waals surface area (Å²) < 4.78 is 2.20. The molecule has 4 aromatic carbocycles. The molecule has 4 heteroatoms. The number of halogens is 3. The summed E-state index contributed by atoms with van der Waals surface area (Å²) in [6.07, 6.45) is 0.975. The smallest absolute Gasteiger partial charge is 0.116 e. The van der Waals surface area contributed by atoms with Crippen molar-refractivity contribution >= 4 is 55.0 Å². The Morgan fingerprint density at radius 2 is 0.862 bits per heavy atom. The van der Waals surface area contributed by atoms with E-state index in [1.165, 1.54) is 21.5 Å². The Bertz CT molecular complexity index is 934. The highest BCUT2D eigenvalue weighted by atomic mass is 79.9. The molecule has 0 aromatic heterocycles. The topological polar surface area (TPSA) is 0 Å². The van der Waals surface area contributed by atoms with Crippen LogP contribution in [0, 0.1) is 0 Å². The third-order valence-electron chi connectivity index (χ3n) is 4.93. The molecule has 29 heavy (non-hydrogen) atoms. The summed E-state index contributed by atoms with van der Waals surface area (Å²) >= 11 is 7.34. The maximum atomic E-state index is 3.67. The Morgan fingerprint density at radius 3 is 1.21 bits per heavy atom. The number of hydrogen-bond donors (Lipinski definition) is 0. The molecule has 0 atom stereocenters. The van der Waals surface area contributed by atoms with Gasteiger partial charge in [-0.05, 0) is 60.2 Å². The molecule has 4 rings (SSSR count). The van der Waals surface area contributed by atoms with Crippen LogP contribution < -0.4 is 32.9 Å². The van der Waals surface area contributed by atoms with E-state index < -0.39 is 7.26 Å². The summed E-state index contributed by atoms with van der Waals surface area (Å²) in [5.74, 6) is 0. The Labute approximate surface area is 200 Å². The van der Waals surface area contributed by atoms with Crippen LogP contribution in [0.15, 0.2) is 118 Å². The highest BCUT2D eigenvalue weighted by Crippen LogP contribution is 2.58. The molecule has 0 N–H and O–H groups in total. The van der Waals surface area contributed by atoms with E-state index in [0.29, 0.717) is 0 Å². The molecule has 0 aliphatic heterocycles. The van der Waals surface area contributed by atoms with Crippen molar-refractivity contribution in [2.75, 3.05) is 0 Å². The third-order valence-corrected chi connectivity index (χ3v) is 10.2. The van der Waals surface area contributed by atoms with Gasteiger partial charge in [0.05, 0.1) is 6.16 Å². The van der Waals surface area contributed by atoms with Gasteiger partial charge in [-0.25, -0.2) is 0 Å². The van der Waals surface area contributed by atoms with Gasteiger partial charge in [0, 0.05) is 8.95 Å². The minimum absolute atomic E-state index is 0. The minimum Gasteiger partial charge on any atom is -1.00 e. The predicted molar refractivity (Wildman–Crippen MR) is 131 cm³/mol. The molecule has 0 fully saturated rings. The van der Waals surface area contributed by atoms with Crippen molar-refractivity contribution in [1.82, 2.24) is 0 Å². The molecule has 0 aliphatic rings. The quantitative estimate of drug-likeness (QED) is 0.311. The van der Waals surface area contributed by atoms with Gasteiger partial charge in [-0.2, -0.15) is 0 Å². The summed E-state index contributed by atoms with van der Waals surface area (Å²) in [5.41, 5.74) is 1.33. The van der Waals surface area contributed by atoms with Gasteiger partial charge in [0.2, 0.25) is 0 Å². The van der Waals surface area contributed by atoms with E-state index >= 15 is 0 Å². The monoisotopic (exact) mass is 588 g/mol. The lowest BCUT2D eigenvalue weighted by Gasteiger charge is -2.28. The van der Waals surface area contributed by atoms with E-state index in [-0.39, 0.29) is 17.0 Å². The Morgan fingerprint density at radius 1 is 0.517 bits per heavy atom. The van der Waals surface area contributed by atoms with Gasteiger partial charge in [-0.3, -0.25) is 0 Å². The molecule has 0 nitrogen and oxygen atoms in total. The molecule has 0 spiro atoms. The summed E-state index contributed by atoms with van der Waals surface area (Å²) in [4.78, 5) is 0. The van der Waals surface area contributed by atoms with Gasteiger partial charge in [0.1, 0.15) is 23.2 Å². The molecular weight excluding hydrogens is 571 g/mol. The summed E-state index contributed by atoms with van der Waals surface area (Å²) in [6, 6.07) is 39.6. The first-order valence-corrected chi connectivity index (χ1v) is 12.7. The van der Waals surface area contributed by atoms with E-state index in [1.807, 2.05) is 0 Å². The molecule has 146 valence electrons. The van der Waals surface area contributed by atoms with Crippen molar-refractivity contribution < 1.29 is 17.0 Å². The van der Waals surface area contributed by atoms with E-state index in [9.17, 15) is 0 Å². The molecule has 0 radical (unpaired) electrons. The van der Waals surface area contributed by atoms with Gasteiger partial charge in [0.15, 0.2) is 0 Å². The fourth-order valence-electron chi connectivity index (χ4n) is 3.74. The van der Waals surface area contributed by atoms with Crippen molar-refractivity contribution in [3.63, 3.8) is 0 Å². The lowest BCUT2D eigenvalue weighted by atomic mass is 10.2. The van der Waals surface area contributed by atoms with Crippen molar-refractivity contribution in [3.8, 4) is 0 Å². The summed E-state index contributed by atoms with van der Waals surface area (Å²) in [5, 5.41) is 4.22. The lowest BCUT2D eigenvalue weighted by molar-refractivity contribution is -0.00000519. The lowest BCUT2D eigenvalue weighted by Crippen LogP contribution is -3.00. The van der Waals surface area contributed by atoms with E-state index in [0.717, 1.165) is 15.1 Å². The second-order valence-electron chi connectivity index (χ2n) is 6.75. The molecule has 0 saturated carbocycles. The molecule has 0 amide bonds. The van der Waals surface area contributed by atoms with Crippen LogP contribution in [0.25, 0.3) is 0 Å². The van der Waals surface area contributed by atoms with Gasteiger partial charge in [-0.1, -0.05) is 86.5 Å². The Kier molecular flexibility index (Phi) is 7.87. The zero-order valence-corrected chi connectivity index (χ0v) is 21.3. The maximum Gasteiger partial charge on any atom is 0.116 e. The van der Waals surface area contributed by atoms with Crippen molar-refractivity contribution in [3.05, 3.63) is 124 Å². The number of rotatable bonds is 5. The zero-order valence-electron chi connectivity index (χ0n) is 15.7. The van der Waals surface area contributed by atoms with Crippen molar-refractivity contribution in [2.45, 2.75) is 6.16 Å². The maximum absolute atomic E-state index is 3.67. The van der Waals surface area contributed by atoms with Crippen LogP contribution in [0.2, 0.25) is 0 Å². The molecule has 0 heterocycles. The van der Waals surface area contributed by atoms with Gasteiger partial charge < -0.3 is 17.0 Å². The fraction of sp³-hybridized carbons (Fsp3) is 0.0400. The first-order valence-electron chi connectivity index (χ1n) is 9.18. The fourth-order valence-corrected chi connectivity index (χ4v) is 9.35. The molecule has 0 saturated heterocycles. The highest BCUT2D eigenvalue weighted by molar-refractivity contribution is 9.11. The second kappa shape index (κ2) is 10.2. The van der Waals surface area contributed by atoms with E-state index in [2.05, 4.69) is 141 Å². The van der Waals surface area contributed by atoms with Crippen LogP contribution in [0.4, 0.5) is 0 Å². The average Bonchev–Trinajstić information content (AvgIpc) is 2.73. The van der Waals surface area contributed by atoms with E-state index in [1.54, 1.807) is 0 Å². The standard InChI is InChI=1S/C25H20Br2P.BrH/c26-21-16-20(17-22(27)18-21)19-28(23-10-4-1-5-11-23,24-12-6-2-7-13-24)25-14-8-3-9-15-25;/h1-18H,19H2;1H/q+1;/p-1. The van der Waals surface area contributed by atoms with Crippen LogP contribution in [0.1, 0.15) is 5.56 Å². The molecule has 0 bridgehead atoms. The third kappa shape index (κ3) is 4.91. The van der Waals surface area contributed by atoms with Gasteiger partial charge in [-0.15, -0.1) is 0 Å². The first kappa shape index (κ1) is 22.4. The highest BCUT2D eigenvalue weighted by Gasteiger charge is 2.45. The predicted octanol–water partition coefficient (Wildman–Crippen LogP) is 3.71. The van der Waals surface area contributed by atoms with Crippen LogP contribution in [0.5, 0.6) is 0 Å². The molecule has 0 aliphatic carbocycles. The summed E-state index contributed by atoms with van der Waals surface area (Å²) in [6.45, 7) is 0. The van der Waals surface area contributed by atoms with Crippen LogP contribution in [-0.2, 0) is 6.16 Å². The van der Waals surface area contributed by atoms with Gasteiger partial charge in [0.25, 0.3) is 0 Å². The van der Waals surface area contributed by atoms with Crippen molar-refractivity contribution in [1.29, 1.82) is 0 Å². The second-order valence-corrected chi connectivity index (χ2v) is 12.1. The van der Waals surface area contributed by atoms with Gasteiger partial charge >= 0.3 is 0 Å². The van der Waals surface area contributed by atoms with Crippen molar-refractivity contribution in [2.24, 2.45) is 0 Å². The van der Waals surface area contributed by atoms with Crippen LogP contribution in [-0.4, -0.2) is 0 Å². The molecule has 0 unspecified atom stereocenters. The SMILES string of the molecule is Brc1cc(Br)cc(C[P+](c2ccccc2)(c2ccccc2)c2ccccc2)c1.[Br-]. The zero-order chi connectivity index (χ0) is 19.4. The normalized spacial score (nSPS) is 11.0. The van der Waals surface area contributed by atoms with Crippen LogP contribution in [0.3, 0.4) is 0 Å². The average molecular weight is 591 g/mol. The largest absolute Gasteiger partial charge is 1.00 e. The van der Waals surface area contributed by atoms with Crippen LogP contribution >= 0.6 is 39.1 Å². The van der Waals surface area contributed by atoms with E-state index in [4.69, 9.17) is 0 Å². The molecular formula is C25H20Br3P. The number of hydrogen-bond acceptors (Lipinski definition) is 0. The Balaban J connectivity index is 0.00000240.